The van der Waals surface area contributed by atoms with Crippen molar-refractivity contribution in [1.29, 1.82) is 0 Å². The third-order valence-corrected chi connectivity index (χ3v) is 6.91. The number of hydrogen-bond donors (Lipinski definition) is 11. The van der Waals surface area contributed by atoms with Gasteiger partial charge in [0.2, 0.25) is 5.60 Å². The van der Waals surface area contributed by atoms with E-state index in [4.69, 9.17) is 14.2 Å². The first kappa shape index (κ1) is 32.6. The number of hydrogen-bond acceptors (Lipinski definition) is 17. The normalized spacial score (nSPS) is 20.8. The molecular weight excluding hydrogens is 624 g/mol. The molecule has 0 bridgehead atoms. The molecule has 1 aliphatic rings. The maximum atomic E-state index is 13.0. The molecule has 3 aromatic rings. The molecule has 1 fully saturated rings. The molecule has 4 atom stereocenters. The summed E-state index contributed by atoms with van der Waals surface area (Å²) in [6.45, 7) is 0. The Hall–Kier alpha value is -6.30. The molecule has 1 aliphatic carbocycles. The summed E-state index contributed by atoms with van der Waals surface area (Å²) in [5.74, 6) is -15.1. The number of aliphatic carboxylic acids is 1. The highest BCUT2D eigenvalue weighted by Crippen LogP contribution is 2.41. The van der Waals surface area contributed by atoms with Gasteiger partial charge in [-0.15, -0.1) is 0 Å². The Morgan fingerprint density at radius 2 is 0.913 bits per heavy atom. The average Bonchev–Trinajstić information content (AvgIpc) is 2.98. The summed E-state index contributed by atoms with van der Waals surface area (Å²) in [7, 11) is 0. The maximum Gasteiger partial charge on any atom is 0.348 e. The minimum atomic E-state index is -2.76. The van der Waals surface area contributed by atoms with Gasteiger partial charge in [0.25, 0.3) is 0 Å². The lowest BCUT2D eigenvalue weighted by Crippen LogP contribution is -2.60. The lowest BCUT2D eigenvalue weighted by Gasteiger charge is -2.42. The van der Waals surface area contributed by atoms with Gasteiger partial charge in [0.15, 0.2) is 57.8 Å². The van der Waals surface area contributed by atoms with E-state index in [1.807, 2.05) is 0 Å². The molecule has 1 saturated carbocycles. The van der Waals surface area contributed by atoms with Crippen LogP contribution in [0.3, 0.4) is 0 Å². The van der Waals surface area contributed by atoms with Crippen LogP contribution in [0.4, 0.5) is 0 Å². The Balaban J connectivity index is 1.72. The molecule has 0 amide bonds. The van der Waals surface area contributed by atoms with Gasteiger partial charge in [0, 0.05) is 12.8 Å². The van der Waals surface area contributed by atoms with Crippen LogP contribution in [0.2, 0.25) is 0 Å². The van der Waals surface area contributed by atoms with Crippen LogP contribution >= 0.6 is 0 Å². The lowest BCUT2D eigenvalue weighted by atomic mass is 9.79. The third kappa shape index (κ3) is 6.17. The van der Waals surface area contributed by atoms with Crippen LogP contribution in [0.25, 0.3) is 0 Å². The predicted octanol–water partition coefficient (Wildman–Crippen LogP) is 0.623. The zero-order chi connectivity index (χ0) is 34.2. The van der Waals surface area contributed by atoms with Crippen molar-refractivity contribution >= 4 is 23.9 Å². The van der Waals surface area contributed by atoms with E-state index in [0.29, 0.717) is 36.4 Å². The molecule has 3 aromatic carbocycles. The second-order valence-corrected chi connectivity index (χ2v) is 10.1. The van der Waals surface area contributed by atoms with Gasteiger partial charge in [-0.2, -0.15) is 0 Å². The Kier molecular flexibility index (Phi) is 8.51. The molecule has 244 valence electrons. The standard InChI is InChI=1S/C28H24O18/c29-12-1-9(2-13(30)20(12)36)24(39)44-19-8-28(27(42)43,46-26(41)11-5-16(33)22(38)17(34)6-11)7-18(35)23(19)45-25(40)10-3-14(31)21(37)15(32)4-10/h1-6,18-19,23,29-38H,7-8H2,(H,42,43)/t18-,19-,23+,28+/m0/s1. The van der Waals surface area contributed by atoms with Crippen LogP contribution in [0.5, 0.6) is 51.7 Å². The molecule has 18 heteroatoms. The van der Waals surface area contributed by atoms with Crippen LogP contribution in [0, 0.1) is 0 Å². The summed E-state index contributed by atoms with van der Waals surface area (Å²) in [6.07, 6.45) is -8.15. The number of aromatic hydroxyl groups is 9. The number of esters is 3. The van der Waals surface area contributed by atoms with Crippen LogP contribution in [-0.2, 0) is 19.0 Å². The Bertz CT molecular complexity index is 1680. The molecule has 0 heterocycles. The topological polar surface area (TPSA) is 318 Å². The summed E-state index contributed by atoms with van der Waals surface area (Å²) in [4.78, 5) is 51.4. The number of carboxylic acids is 1. The number of ether oxygens (including phenoxy) is 3. The number of phenols is 9. The Labute approximate surface area is 255 Å². The highest BCUT2D eigenvalue weighted by atomic mass is 16.6. The number of carbonyl (C=O) groups is 4. The molecule has 11 N–H and O–H groups in total. The first-order valence-electron chi connectivity index (χ1n) is 12.8. The fourth-order valence-corrected chi connectivity index (χ4v) is 4.59. The molecule has 46 heavy (non-hydrogen) atoms. The van der Waals surface area contributed by atoms with Crippen molar-refractivity contribution in [2.45, 2.75) is 36.8 Å². The number of carbonyl (C=O) groups excluding carboxylic acids is 3. The van der Waals surface area contributed by atoms with E-state index in [1.54, 1.807) is 0 Å². The van der Waals surface area contributed by atoms with E-state index in [9.17, 15) is 75.3 Å². The number of phenolic OH excluding ortho intramolecular Hbond substituents is 9. The summed E-state index contributed by atoms with van der Waals surface area (Å²) in [6, 6.07) is 3.88. The Morgan fingerprint density at radius 3 is 1.28 bits per heavy atom. The van der Waals surface area contributed by atoms with Crippen LogP contribution in [0.15, 0.2) is 36.4 Å². The van der Waals surface area contributed by atoms with Crippen molar-refractivity contribution in [3.63, 3.8) is 0 Å². The van der Waals surface area contributed by atoms with E-state index in [1.165, 1.54) is 0 Å². The Morgan fingerprint density at radius 1 is 0.565 bits per heavy atom. The van der Waals surface area contributed by atoms with Gasteiger partial charge < -0.3 is 70.4 Å². The molecule has 18 nitrogen and oxygen atoms in total. The van der Waals surface area contributed by atoms with E-state index in [0.717, 1.165) is 0 Å². The molecule has 4 rings (SSSR count). The van der Waals surface area contributed by atoms with Crippen molar-refractivity contribution in [1.82, 2.24) is 0 Å². The van der Waals surface area contributed by atoms with Gasteiger partial charge in [-0.1, -0.05) is 0 Å². The average molecular weight is 648 g/mol. The lowest BCUT2D eigenvalue weighted by molar-refractivity contribution is -0.188. The first-order chi connectivity index (χ1) is 21.4. The van der Waals surface area contributed by atoms with Crippen molar-refractivity contribution in [2.75, 3.05) is 0 Å². The van der Waals surface area contributed by atoms with Crippen molar-refractivity contribution in [2.24, 2.45) is 0 Å². The summed E-state index contributed by atoms with van der Waals surface area (Å²) < 4.78 is 15.7. The highest BCUT2D eigenvalue weighted by Gasteiger charge is 2.56. The second-order valence-electron chi connectivity index (χ2n) is 10.1. The van der Waals surface area contributed by atoms with Gasteiger partial charge >= 0.3 is 23.9 Å². The summed E-state index contributed by atoms with van der Waals surface area (Å²) >= 11 is 0. The first-order valence-corrected chi connectivity index (χ1v) is 12.8. The molecule has 0 spiro atoms. The number of carboxylic acid groups (broad SMARTS) is 1. The van der Waals surface area contributed by atoms with Gasteiger partial charge in [-0.3, -0.25) is 0 Å². The molecule has 0 aliphatic heterocycles. The van der Waals surface area contributed by atoms with E-state index < -0.39 is 129 Å². The van der Waals surface area contributed by atoms with Crippen LogP contribution in [0.1, 0.15) is 43.9 Å². The highest BCUT2D eigenvalue weighted by molar-refractivity contribution is 5.94. The van der Waals surface area contributed by atoms with Crippen LogP contribution < -0.4 is 0 Å². The second kappa shape index (κ2) is 12.0. The number of benzene rings is 3. The summed E-state index contributed by atoms with van der Waals surface area (Å²) in [5.41, 5.74) is -4.64. The summed E-state index contributed by atoms with van der Waals surface area (Å²) in [5, 5.41) is 108. The SMILES string of the molecule is O=C(O[C@H]1[C@@H](OC(=O)c2cc(O)c(O)c(O)c2)C[C@@](OC(=O)c2cc(O)c(O)c(O)c2)(C(=O)O)C[C@@H]1O)c1cc(O)c(O)c(O)c1. The molecule has 0 unspecified atom stereocenters. The van der Waals surface area contributed by atoms with E-state index in [-0.39, 0.29) is 0 Å². The fourth-order valence-electron chi connectivity index (χ4n) is 4.59. The van der Waals surface area contributed by atoms with Crippen molar-refractivity contribution in [3.8, 4) is 51.7 Å². The minimum absolute atomic E-state index is 0.591. The molecular formula is C28H24O18. The van der Waals surface area contributed by atoms with Crippen LogP contribution in [-0.4, -0.2) is 104 Å². The van der Waals surface area contributed by atoms with Crippen molar-refractivity contribution in [3.05, 3.63) is 53.1 Å². The van der Waals surface area contributed by atoms with E-state index >= 15 is 0 Å². The number of aliphatic hydroxyl groups excluding tert-OH is 1. The fraction of sp³-hybridized carbons (Fsp3) is 0.214. The number of aliphatic hydroxyl groups is 1. The quantitative estimate of drug-likeness (QED) is 0.0950. The van der Waals surface area contributed by atoms with Gasteiger partial charge in [-0.05, 0) is 36.4 Å². The maximum absolute atomic E-state index is 13.0. The molecule has 0 aromatic heterocycles. The monoisotopic (exact) mass is 648 g/mol. The van der Waals surface area contributed by atoms with Gasteiger partial charge in [0.05, 0.1) is 22.8 Å². The largest absolute Gasteiger partial charge is 0.504 e. The van der Waals surface area contributed by atoms with Crippen molar-refractivity contribution < 1.29 is 89.6 Å². The third-order valence-electron chi connectivity index (χ3n) is 6.91. The number of rotatable bonds is 7. The molecule has 0 radical (unpaired) electrons. The van der Waals surface area contributed by atoms with Gasteiger partial charge in [-0.25, -0.2) is 19.2 Å². The molecule has 0 saturated heterocycles. The smallest absolute Gasteiger partial charge is 0.348 e. The predicted molar refractivity (Wildman–Crippen MR) is 144 cm³/mol. The zero-order valence-corrected chi connectivity index (χ0v) is 22.9. The van der Waals surface area contributed by atoms with Gasteiger partial charge in [0.1, 0.15) is 6.10 Å². The minimum Gasteiger partial charge on any atom is -0.504 e. The van der Waals surface area contributed by atoms with E-state index in [2.05, 4.69) is 0 Å². The zero-order valence-electron chi connectivity index (χ0n) is 22.9.